The molecule has 2 aromatic carbocycles. The molecule has 0 amide bonds. The predicted octanol–water partition coefficient (Wildman–Crippen LogP) is 4.42. The summed E-state index contributed by atoms with van der Waals surface area (Å²) >= 11 is 0. The van der Waals surface area contributed by atoms with Gasteiger partial charge in [0.2, 0.25) is 0 Å². The van der Waals surface area contributed by atoms with E-state index in [1.807, 2.05) is 6.92 Å². The summed E-state index contributed by atoms with van der Waals surface area (Å²) in [7, 11) is -6.37. The van der Waals surface area contributed by atoms with Crippen molar-refractivity contribution >= 4 is 10.1 Å². The largest absolute Gasteiger partial charge is 0.483 e. The van der Waals surface area contributed by atoms with E-state index in [1.165, 1.54) is 13.0 Å². The van der Waals surface area contributed by atoms with Gasteiger partial charge in [-0.2, -0.15) is 26.0 Å². The highest BCUT2D eigenvalue weighted by Crippen LogP contribution is 2.41. The van der Waals surface area contributed by atoms with Gasteiger partial charge in [-0.3, -0.25) is 4.55 Å². The quantitative estimate of drug-likeness (QED) is 0.618. The fraction of sp³-hybridized carbons (Fsp3) is 0.250. The van der Waals surface area contributed by atoms with Crippen LogP contribution in [0.25, 0.3) is 11.1 Å². The Morgan fingerprint density at radius 2 is 1.44 bits per heavy atom. The number of aryl methyl sites for hydroxylation is 2. The van der Waals surface area contributed by atoms with Crippen molar-refractivity contribution in [2.24, 2.45) is 0 Å². The van der Waals surface area contributed by atoms with Gasteiger partial charge in [-0.25, -0.2) is 0 Å². The molecule has 4 nitrogen and oxygen atoms in total. The summed E-state index contributed by atoms with van der Waals surface area (Å²) in [5.41, 5.74) is 2.08. The number of alkyl halides is 4. The Kier molecular flexibility index (Phi) is 4.84. The minimum atomic E-state index is -6.37. The van der Waals surface area contributed by atoms with Crippen LogP contribution < -0.4 is 4.74 Å². The van der Waals surface area contributed by atoms with Crippen molar-refractivity contribution in [3.63, 3.8) is 0 Å². The van der Waals surface area contributed by atoms with Crippen molar-refractivity contribution < 1.29 is 35.3 Å². The van der Waals surface area contributed by atoms with E-state index in [9.17, 15) is 26.0 Å². The Hall–Kier alpha value is -2.13. The van der Waals surface area contributed by atoms with E-state index in [2.05, 4.69) is 4.74 Å². The molecule has 0 saturated carbocycles. The van der Waals surface area contributed by atoms with Crippen LogP contribution in [0.4, 0.5) is 17.6 Å². The third-order valence-corrected chi connectivity index (χ3v) is 4.36. The molecule has 9 heteroatoms. The lowest BCUT2D eigenvalue weighted by molar-refractivity contribution is -0.274. The third kappa shape index (κ3) is 3.77. The van der Waals surface area contributed by atoms with Crippen LogP contribution in [-0.2, 0) is 10.1 Å². The van der Waals surface area contributed by atoms with E-state index < -0.39 is 27.2 Å². The first-order valence-electron chi connectivity index (χ1n) is 6.94. The topological polar surface area (TPSA) is 63.6 Å². The fourth-order valence-corrected chi connectivity index (χ4v) is 2.33. The van der Waals surface area contributed by atoms with Crippen LogP contribution in [0.3, 0.4) is 0 Å². The molecule has 0 saturated heterocycles. The Bertz CT molecular complexity index is 878. The molecule has 2 rings (SSSR count). The Labute approximate surface area is 141 Å². The highest BCUT2D eigenvalue weighted by Gasteiger charge is 2.69. The minimum absolute atomic E-state index is 0.0849. The highest BCUT2D eigenvalue weighted by molar-refractivity contribution is 7.86. The molecule has 0 aromatic heterocycles. The zero-order chi connectivity index (χ0) is 19.0. The van der Waals surface area contributed by atoms with Crippen LogP contribution in [0.15, 0.2) is 42.5 Å². The molecule has 0 heterocycles. The number of rotatable bonds is 5. The van der Waals surface area contributed by atoms with Crippen molar-refractivity contribution in [3.05, 3.63) is 53.6 Å². The smallest absolute Gasteiger partial charge is 0.427 e. The van der Waals surface area contributed by atoms with E-state index in [-0.39, 0.29) is 5.56 Å². The maximum atomic E-state index is 13.6. The monoisotopic (exact) mass is 378 g/mol. The van der Waals surface area contributed by atoms with Crippen LogP contribution in [0.2, 0.25) is 0 Å². The van der Waals surface area contributed by atoms with Crippen LogP contribution in [-0.4, -0.2) is 24.3 Å². The lowest BCUT2D eigenvalue weighted by Gasteiger charge is -2.24. The SMILES string of the molecule is Cc1ccc(-c2ccc(C)c(OC(F)(F)C(F)(F)S(=O)(=O)O)c2)cc1. The number of ether oxygens (including phenoxy) is 1. The lowest BCUT2D eigenvalue weighted by Crippen LogP contribution is -2.50. The van der Waals surface area contributed by atoms with Crippen LogP contribution in [0.5, 0.6) is 5.75 Å². The first kappa shape index (κ1) is 19.2. The van der Waals surface area contributed by atoms with E-state index in [1.54, 1.807) is 30.3 Å². The number of hydrogen-bond acceptors (Lipinski definition) is 3. The van der Waals surface area contributed by atoms with E-state index in [0.717, 1.165) is 11.6 Å². The van der Waals surface area contributed by atoms with Crippen molar-refractivity contribution in [2.75, 3.05) is 0 Å². The lowest BCUT2D eigenvalue weighted by atomic mass is 10.0. The molecule has 2 aromatic rings. The molecule has 0 bridgehead atoms. The van der Waals surface area contributed by atoms with Gasteiger partial charge in [0.15, 0.2) is 0 Å². The van der Waals surface area contributed by atoms with Gasteiger partial charge in [-0.1, -0.05) is 42.0 Å². The van der Waals surface area contributed by atoms with Gasteiger partial charge < -0.3 is 4.74 Å². The summed E-state index contributed by atoms with van der Waals surface area (Å²) in [4.78, 5) is 0. The molecule has 136 valence electrons. The van der Waals surface area contributed by atoms with E-state index >= 15 is 0 Å². The maximum absolute atomic E-state index is 13.6. The highest BCUT2D eigenvalue weighted by atomic mass is 32.2. The summed E-state index contributed by atoms with van der Waals surface area (Å²) in [6.07, 6.45) is -5.46. The number of hydrogen-bond donors (Lipinski definition) is 1. The van der Waals surface area contributed by atoms with Crippen LogP contribution >= 0.6 is 0 Å². The van der Waals surface area contributed by atoms with E-state index in [0.29, 0.717) is 11.1 Å². The Morgan fingerprint density at radius 3 is 1.96 bits per heavy atom. The molecule has 0 aliphatic heterocycles. The third-order valence-electron chi connectivity index (χ3n) is 3.47. The summed E-state index contributed by atoms with van der Waals surface area (Å²) in [5, 5.41) is -5.80. The summed E-state index contributed by atoms with van der Waals surface area (Å²) in [6, 6.07) is 11.0. The standard InChI is InChI=1S/C16H14F4O4S/c1-10-3-6-12(7-4-10)13-8-5-11(2)14(9-13)24-15(17,18)16(19,20)25(21,22)23/h3-9H,1-2H3,(H,21,22,23). The molecular weight excluding hydrogens is 364 g/mol. The second-order valence-corrected chi connectivity index (χ2v) is 6.92. The number of benzene rings is 2. The van der Waals surface area contributed by atoms with Gasteiger partial charge in [0.05, 0.1) is 0 Å². The second-order valence-electron chi connectivity index (χ2n) is 5.46. The average molecular weight is 378 g/mol. The van der Waals surface area contributed by atoms with Crippen LogP contribution in [0.1, 0.15) is 11.1 Å². The van der Waals surface area contributed by atoms with E-state index in [4.69, 9.17) is 4.55 Å². The van der Waals surface area contributed by atoms with Gasteiger partial charge in [-0.15, -0.1) is 0 Å². The Balaban J connectivity index is 2.43. The Morgan fingerprint density at radius 1 is 0.920 bits per heavy atom. The number of halogens is 4. The van der Waals surface area contributed by atoms with Crippen molar-refractivity contribution in [1.82, 2.24) is 0 Å². The first-order chi connectivity index (χ1) is 11.3. The average Bonchev–Trinajstić information content (AvgIpc) is 2.49. The molecule has 1 N–H and O–H groups in total. The van der Waals surface area contributed by atoms with Gasteiger partial charge in [0.1, 0.15) is 5.75 Å². The zero-order valence-electron chi connectivity index (χ0n) is 13.1. The molecule has 25 heavy (non-hydrogen) atoms. The summed E-state index contributed by atoms with van der Waals surface area (Å²) in [5.74, 6) is -0.633. The summed E-state index contributed by atoms with van der Waals surface area (Å²) < 4.78 is 87.3. The minimum Gasteiger partial charge on any atom is -0.427 e. The molecule has 0 fully saturated rings. The van der Waals surface area contributed by atoms with Gasteiger partial charge in [-0.05, 0) is 36.6 Å². The molecule has 0 aliphatic rings. The van der Waals surface area contributed by atoms with Crippen molar-refractivity contribution in [2.45, 2.75) is 25.2 Å². The maximum Gasteiger partial charge on any atom is 0.483 e. The van der Waals surface area contributed by atoms with Crippen molar-refractivity contribution in [3.8, 4) is 16.9 Å². The fourth-order valence-electron chi connectivity index (χ4n) is 1.98. The van der Waals surface area contributed by atoms with Gasteiger partial charge in [0, 0.05) is 0 Å². The molecule has 0 aliphatic carbocycles. The normalized spacial score (nSPS) is 12.9. The van der Waals surface area contributed by atoms with Gasteiger partial charge >= 0.3 is 21.5 Å². The predicted molar refractivity (Wildman–Crippen MR) is 83.4 cm³/mol. The molecule has 0 atom stereocenters. The molecular formula is C16H14F4O4S. The van der Waals surface area contributed by atoms with Gasteiger partial charge in [0.25, 0.3) is 0 Å². The first-order valence-corrected chi connectivity index (χ1v) is 8.38. The molecule has 0 spiro atoms. The summed E-state index contributed by atoms with van der Waals surface area (Å²) in [6.45, 7) is 3.18. The van der Waals surface area contributed by atoms with Crippen molar-refractivity contribution in [1.29, 1.82) is 0 Å². The molecule has 0 radical (unpaired) electrons. The molecule has 0 unspecified atom stereocenters. The van der Waals surface area contributed by atoms with Crippen LogP contribution in [0, 0.1) is 13.8 Å². The second kappa shape index (κ2) is 6.30. The zero-order valence-corrected chi connectivity index (χ0v) is 14.0.